The summed E-state index contributed by atoms with van der Waals surface area (Å²) in [5, 5.41) is 6.21. The van der Waals surface area contributed by atoms with Gasteiger partial charge in [0, 0.05) is 18.8 Å². The van der Waals surface area contributed by atoms with Gasteiger partial charge in [0.05, 0.1) is 27.7 Å². The third-order valence-corrected chi connectivity index (χ3v) is 4.80. The molecule has 0 radical (unpaired) electrons. The summed E-state index contributed by atoms with van der Waals surface area (Å²) in [6, 6.07) is 11.3. The first-order valence-corrected chi connectivity index (χ1v) is 9.92. The molecular formula is C21H25ClN6O2. The second-order valence-electron chi connectivity index (χ2n) is 7.27. The van der Waals surface area contributed by atoms with Gasteiger partial charge in [0.1, 0.15) is 5.82 Å². The van der Waals surface area contributed by atoms with E-state index in [0.29, 0.717) is 39.7 Å². The summed E-state index contributed by atoms with van der Waals surface area (Å²) >= 11 is 6.27. The summed E-state index contributed by atoms with van der Waals surface area (Å²) < 4.78 is 1.44. The first-order valence-electron chi connectivity index (χ1n) is 9.54. The van der Waals surface area contributed by atoms with Crippen LogP contribution >= 0.6 is 11.6 Å². The topological polar surface area (TPSA) is 105 Å². The van der Waals surface area contributed by atoms with Crippen LogP contribution in [-0.2, 0) is 0 Å². The minimum atomic E-state index is -0.493. The molecule has 0 spiro atoms. The van der Waals surface area contributed by atoms with Crippen LogP contribution in [0.15, 0.2) is 47.3 Å². The van der Waals surface area contributed by atoms with E-state index in [2.05, 4.69) is 15.6 Å². The molecule has 0 saturated carbocycles. The fourth-order valence-electron chi connectivity index (χ4n) is 3.05. The van der Waals surface area contributed by atoms with Crippen LogP contribution in [0.3, 0.4) is 0 Å². The Bertz CT molecular complexity index is 1130. The van der Waals surface area contributed by atoms with Crippen LogP contribution in [0.2, 0.25) is 5.02 Å². The molecule has 3 aromatic rings. The zero-order chi connectivity index (χ0) is 21.8. The van der Waals surface area contributed by atoms with Crippen molar-refractivity contribution in [2.24, 2.45) is 5.73 Å². The molecule has 0 aliphatic carbocycles. The smallest absolute Gasteiger partial charge is 0.319 e. The van der Waals surface area contributed by atoms with Gasteiger partial charge < -0.3 is 21.3 Å². The summed E-state index contributed by atoms with van der Waals surface area (Å²) in [7, 11) is 3.86. The monoisotopic (exact) mass is 428 g/mol. The standard InChI is InChI=1S/C21H25ClN6O2/c1-13(23)19-26-17-9-5-8-16(22)18(17)20(29)28(19)15-7-4-6-14(12-15)25-21(30)24-10-11-27(2)3/h4-9,12-13H,10-11,23H2,1-3H3,(H2,24,25,30)/t13-/m0/s1. The Kier molecular flexibility index (Phi) is 6.71. The summed E-state index contributed by atoms with van der Waals surface area (Å²) in [6.45, 7) is 3.00. The lowest BCUT2D eigenvalue weighted by Gasteiger charge is -2.17. The van der Waals surface area contributed by atoms with Crippen molar-refractivity contribution in [2.75, 3.05) is 32.5 Å². The number of likely N-dealkylation sites (N-methyl/N-ethyl adjacent to an activating group) is 1. The first-order chi connectivity index (χ1) is 14.3. The van der Waals surface area contributed by atoms with Gasteiger partial charge in [0.15, 0.2) is 0 Å². The number of nitrogens with zero attached hydrogens (tertiary/aromatic N) is 3. The number of nitrogens with one attached hydrogen (secondary N) is 2. The zero-order valence-corrected chi connectivity index (χ0v) is 17.9. The van der Waals surface area contributed by atoms with Crippen molar-refractivity contribution < 1.29 is 4.79 Å². The van der Waals surface area contributed by atoms with Crippen LogP contribution in [0.5, 0.6) is 0 Å². The van der Waals surface area contributed by atoms with E-state index in [-0.39, 0.29) is 11.6 Å². The van der Waals surface area contributed by atoms with E-state index in [9.17, 15) is 9.59 Å². The highest BCUT2D eigenvalue weighted by atomic mass is 35.5. The van der Waals surface area contributed by atoms with Gasteiger partial charge in [-0.3, -0.25) is 9.36 Å². The number of anilines is 1. The fraction of sp³-hybridized carbons (Fsp3) is 0.286. The van der Waals surface area contributed by atoms with Crippen LogP contribution in [-0.4, -0.2) is 47.7 Å². The van der Waals surface area contributed by atoms with Crippen molar-refractivity contribution in [3.63, 3.8) is 0 Å². The molecule has 0 unspecified atom stereocenters. The number of urea groups is 1. The fourth-order valence-corrected chi connectivity index (χ4v) is 3.30. The third-order valence-electron chi connectivity index (χ3n) is 4.49. The van der Waals surface area contributed by atoms with Crippen molar-refractivity contribution in [1.82, 2.24) is 19.8 Å². The Balaban J connectivity index is 2.00. The highest BCUT2D eigenvalue weighted by Crippen LogP contribution is 2.23. The second kappa shape index (κ2) is 9.25. The minimum Gasteiger partial charge on any atom is -0.337 e. The van der Waals surface area contributed by atoms with Gasteiger partial charge >= 0.3 is 6.03 Å². The maximum atomic E-state index is 13.3. The lowest BCUT2D eigenvalue weighted by atomic mass is 10.2. The average molecular weight is 429 g/mol. The summed E-state index contributed by atoms with van der Waals surface area (Å²) in [6.07, 6.45) is 0. The zero-order valence-electron chi connectivity index (χ0n) is 17.1. The molecule has 1 atom stereocenters. The quantitative estimate of drug-likeness (QED) is 0.559. The van der Waals surface area contributed by atoms with Crippen LogP contribution < -0.4 is 21.9 Å². The van der Waals surface area contributed by atoms with Gasteiger partial charge in [-0.2, -0.15) is 0 Å². The van der Waals surface area contributed by atoms with Gasteiger partial charge in [-0.25, -0.2) is 9.78 Å². The van der Waals surface area contributed by atoms with Gasteiger partial charge in [0.25, 0.3) is 5.56 Å². The predicted octanol–water partition coefficient (Wildman–Crippen LogP) is 2.74. The predicted molar refractivity (Wildman–Crippen MR) is 121 cm³/mol. The van der Waals surface area contributed by atoms with E-state index < -0.39 is 6.04 Å². The number of carbonyl (C=O) groups excluding carboxylic acids is 1. The number of halogens is 1. The average Bonchev–Trinajstić information content (AvgIpc) is 2.67. The van der Waals surface area contributed by atoms with E-state index >= 15 is 0 Å². The van der Waals surface area contributed by atoms with E-state index in [0.717, 1.165) is 6.54 Å². The Morgan fingerprint density at radius 2 is 2.00 bits per heavy atom. The molecule has 8 nitrogen and oxygen atoms in total. The van der Waals surface area contributed by atoms with E-state index in [1.165, 1.54) is 4.57 Å². The molecule has 0 saturated heterocycles. The van der Waals surface area contributed by atoms with Crippen LogP contribution in [0, 0.1) is 0 Å². The molecule has 0 aliphatic heterocycles. The van der Waals surface area contributed by atoms with Gasteiger partial charge in [0.2, 0.25) is 0 Å². The molecule has 9 heteroatoms. The SMILES string of the molecule is C[C@H](N)c1nc2cccc(Cl)c2c(=O)n1-c1cccc(NC(=O)NCCN(C)C)c1. The van der Waals surface area contributed by atoms with E-state index in [1.807, 2.05) is 19.0 Å². The highest BCUT2D eigenvalue weighted by Gasteiger charge is 2.17. The molecular weight excluding hydrogens is 404 g/mol. The molecule has 0 aliphatic rings. The lowest BCUT2D eigenvalue weighted by Crippen LogP contribution is -2.34. The molecule has 3 rings (SSSR count). The van der Waals surface area contributed by atoms with E-state index in [1.54, 1.807) is 49.4 Å². The second-order valence-corrected chi connectivity index (χ2v) is 7.67. The Morgan fingerprint density at radius 1 is 1.27 bits per heavy atom. The van der Waals surface area contributed by atoms with Crippen molar-refractivity contribution in [3.8, 4) is 5.69 Å². The number of aromatic nitrogens is 2. The molecule has 158 valence electrons. The van der Waals surface area contributed by atoms with Crippen LogP contribution in [0.1, 0.15) is 18.8 Å². The molecule has 2 amide bonds. The third kappa shape index (κ3) is 4.79. The van der Waals surface area contributed by atoms with E-state index in [4.69, 9.17) is 17.3 Å². The number of carbonyl (C=O) groups is 1. The highest BCUT2D eigenvalue weighted by molar-refractivity contribution is 6.35. The maximum absolute atomic E-state index is 13.3. The number of benzene rings is 2. The number of nitrogens with two attached hydrogens (primary N) is 1. The molecule has 0 bridgehead atoms. The maximum Gasteiger partial charge on any atom is 0.319 e. The van der Waals surface area contributed by atoms with Gasteiger partial charge in [-0.05, 0) is 51.4 Å². The Labute approximate surface area is 179 Å². The Morgan fingerprint density at radius 3 is 2.70 bits per heavy atom. The molecule has 4 N–H and O–H groups in total. The molecule has 1 aromatic heterocycles. The van der Waals surface area contributed by atoms with Gasteiger partial charge in [-0.1, -0.05) is 23.7 Å². The minimum absolute atomic E-state index is 0.314. The number of fused-ring (bicyclic) bond motifs is 1. The lowest BCUT2D eigenvalue weighted by molar-refractivity contribution is 0.250. The summed E-state index contributed by atoms with van der Waals surface area (Å²) in [5.41, 5.74) is 7.36. The molecule has 0 fully saturated rings. The van der Waals surface area contributed by atoms with Crippen LogP contribution in [0.4, 0.5) is 10.5 Å². The number of hydrogen-bond donors (Lipinski definition) is 3. The normalized spacial score (nSPS) is 12.2. The van der Waals surface area contributed by atoms with Crippen LogP contribution in [0.25, 0.3) is 16.6 Å². The van der Waals surface area contributed by atoms with Gasteiger partial charge in [-0.15, -0.1) is 0 Å². The number of hydrogen-bond acceptors (Lipinski definition) is 5. The molecule has 2 aromatic carbocycles. The molecule has 30 heavy (non-hydrogen) atoms. The van der Waals surface area contributed by atoms with Crippen molar-refractivity contribution in [3.05, 3.63) is 63.7 Å². The molecule has 1 heterocycles. The van der Waals surface area contributed by atoms with Crippen molar-refractivity contribution in [1.29, 1.82) is 0 Å². The largest absolute Gasteiger partial charge is 0.337 e. The van der Waals surface area contributed by atoms with Crippen molar-refractivity contribution in [2.45, 2.75) is 13.0 Å². The number of rotatable bonds is 6. The van der Waals surface area contributed by atoms with Crippen molar-refractivity contribution >= 4 is 34.2 Å². The summed E-state index contributed by atoms with van der Waals surface area (Å²) in [5.74, 6) is 0.405. The Hall–Kier alpha value is -2.94. The summed E-state index contributed by atoms with van der Waals surface area (Å²) in [4.78, 5) is 32.0. The number of amides is 2. The first kappa shape index (κ1) is 21.8.